The largest absolute Gasteiger partial charge is 0.0928 e. The summed E-state index contributed by atoms with van der Waals surface area (Å²) in [6.07, 6.45) is 5.53. The first kappa shape index (κ1) is 9.48. The molecule has 0 aromatic carbocycles. The van der Waals surface area contributed by atoms with E-state index in [9.17, 15) is 0 Å². The van der Waals surface area contributed by atoms with Crippen molar-refractivity contribution in [3.63, 3.8) is 0 Å². The Morgan fingerprint density at radius 3 is 2.22 bits per heavy atom. The summed E-state index contributed by atoms with van der Waals surface area (Å²) in [5.41, 5.74) is 0. The quantitative estimate of drug-likeness (QED) is 0.462. The number of unbranched alkanes of at least 4 members (excludes halogenated alkanes) is 2. The minimum Gasteiger partial charge on any atom is -0.0928 e. The van der Waals surface area contributed by atoms with Gasteiger partial charge in [0.1, 0.15) is 0 Å². The highest BCUT2D eigenvalue weighted by molar-refractivity contribution is 9.09. The maximum Gasteiger partial charge on any atom is 0.00313 e. The molecule has 0 heterocycles. The summed E-state index contributed by atoms with van der Waals surface area (Å²) in [4.78, 5) is 0. The van der Waals surface area contributed by atoms with E-state index in [0.717, 1.165) is 5.92 Å². The van der Waals surface area contributed by atoms with Gasteiger partial charge in [0, 0.05) is 5.33 Å². The van der Waals surface area contributed by atoms with Crippen LogP contribution in [0.3, 0.4) is 0 Å². The molecule has 0 fully saturated rings. The van der Waals surface area contributed by atoms with E-state index in [0.29, 0.717) is 0 Å². The van der Waals surface area contributed by atoms with Gasteiger partial charge in [-0.15, -0.1) is 0 Å². The molecule has 0 atom stereocenters. The van der Waals surface area contributed by atoms with Gasteiger partial charge in [0.2, 0.25) is 0 Å². The van der Waals surface area contributed by atoms with Crippen molar-refractivity contribution >= 4 is 15.9 Å². The number of halogens is 1. The van der Waals surface area contributed by atoms with Crippen molar-refractivity contribution in [2.75, 3.05) is 5.33 Å². The second-order valence-electron chi connectivity index (χ2n) is 2.93. The summed E-state index contributed by atoms with van der Waals surface area (Å²) in [5.74, 6) is 0.889. The van der Waals surface area contributed by atoms with E-state index in [4.69, 9.17) is 0 Å². The Kier molecular flexibility index (Phi) is 6.95. The van der Waals surface area contributed by atoms with Gasteiger partial charge in [-0.2, -0.15) is 0 Å². The minimum atomic E-state index is 0.889. The van der Waals surface area contributed by atoms with Crippen LogP contribution < -0.4 is 0 Å². The van der Waals surface area contributed by atoms with E-state index < -0.39 is 0 Å². The SMILES string of the molecule is CC(C)CCCCCBr. The molecule has 0 aliphatic heterocycles. The highest BCUT2D eigenvalue weighted by Gasteiger charge is 1.92. The molecule has 0 aromatic heterocycles. The van der Waals surface area contributed by atoms with Crippen LogP contribution in [0, 0.1) is 5.92 Å². The number of hydrogen-bond acceptors (Lipinski definition) is 0. The summed E-state index contributed by atoms with van der Waals surface area (Å²) < 4.78 is 0. The third-order valence-electron chi connectivity index (χ3n) is 1.42. The van der Waals surface area contributed by atoms with Crippen LogP contribution in [0.1, 0.15) is 39.5 Å². The van der Waals surface area contributed by atoms with Crippen LogP contribution in [0.15, 0.2) is 0 Å². The summed E-state index contributed by atoms with van der Waals surface area (Å²) in [7, 11) is 0. The lowest BCUT2D eigenvalue weighted by Crippen LogP contribution is -1.86. The van der Waals surface area contributed by atoms with Crippen molar-refractivity contribution in [3.05, 3.63) is 0 Å². The fraction of sp³-hybridized carbons (Fsp3) is 1.00. The predicted molar refractivity (Wildman–Crippen MR) is 47.1 cm³/mol. The van der Waals surface area contributed by atoms with E-state index in [1.165, 1.54) is 31.0 Å². The summed E-state index contributed by atoms with van der Waals surface area (Å²) >= 11 is 3.42. The molecular weight excluding hydrogens is 176 g/mol. The van der Waals surface area contributed by atoms with E-state index in [-0.39, 0.29) is 0 Å². The van der Waals surface area contributed by atoms with Gasteiger partial charge < -0.3 is 0 Å². The maximum atomic E-state index is 3.42. The van der Waals surface area contributed by atoms with Crippen LogP contribution in [0.2, 0.25) is 0 Å². The first-order chi connectivity index (χ1) is 4.27. The molecule has 0 amide bonds. The van der Waals surface area contributed by atoms with Crippen LogP contribution in [-0.4, -0.2) is 5.33 Å². The smallest absolute Gasteiger partial charge is 0.00313 e. The zero-order valence-corrected chi connectivity index (χ0v) is 8.08. The molecule has 0 aliphatic rings. The molecule has 0 aromatic rings. The average molecular weight is 193 g/mol. The Balaban J connectivity index is 2.75. The molecule has 0 aliphatic carbocycles. The van der Waals surface area contributed by atoms with E-state index in [2.05, 4.69) is 29.8 Å². The minimum absolute atomic E-state index is 0.889. The van der Waals surface area contributed by atoms with Crippen LogP contribution in [-0.2, 0) is 0 Å². The van der Waals surface area contributed by atoms with Gasteiger partial charge in [0.05, 0.1) is 0 Å². The first-order valence-corrected chi connectivity index (χ1v) is 4.95. The van der Waals surface area contributed by atoms with Gasteiger partial charge in [-0.3, -0.25) is 0 Å². The number of rotatable bonds is 5. The molecule has 0 spiro atoms. The van der Waals surface area contributed by atoms with Crippen LogP contribution in [0.25, 0.3) is 0 Å². The molecule has 0 rings (SSSR count). The molecular formula is C8H17Br. The first-order valence-electron chi connectivity index (χ1n) is 3.83. The second kappa shape index (κ2) is 6.60. The normalized spacial score (nSPS) is 10.7. The van der Waals surface area contributed by atoms with Gasteiger partial charge in [-0.25, -0.2) is 0 Å². The second-order valence-corrected chi connectivity index (χ2v) is 3.73. The Labute approximate surface area is 67.2 Å². The molecule has 0 saturated carbocycles. The van der Waals surface area contributed by atoms with Gasteiger partial charge >= 0.3 is 0 Å². The average Bonchev–Trinajstić information content (AvgIpc) is 1.80. The van der Waals surface area contributed by atoms with Crippen molar-refractivity contribution < 1.29 is 0 Å². The Hall–Kier alpha value is 0.480. The van der Waals surface area contributed by atoms with Crippen molar-refractivity contribution in [1.82, 2.24) is 0 Å². The van der Waals surface area contributed by atoms with Crippen LogP contribution in [0.5, 0.6) is 0 Å². The fourth-order valence-electron chi connectivity index (χ4n) is 0.824. The highest BCUT2D eigenvalue weighted by Crippen LogP contribution is 2.08. The maximum absolute atomic E-state index is 3.42. The topological polar surface area (TPSA) is 0 Å². The lowest BCUT2D eigenvalue weighted by molar-refractivity contribution is 0.536. The lowest BCUT2D eigenvalue weighted by atomic mass is 10.1. The molecule has 1 heteroatoms. The Morgan fingerprint density at radius 1 is 1.11 bits per heavy atom. The molecule has 0 N–H and O–H groups in total. The Morgan fingerprint density at radius 2 is 1.78 bits per heavy atom. The zero-order chi connectivity index (χ0) is 7.11. The molecule has 0 bridgehead atoms. The zero-order valence-electron chi connectivity index (χ0n) is 6.49. The van der Waals surface area contributed by atoms with E-state index in [1.54, 1.807) is 0 Å². The van der Waals surface area contributed by atoms with Gasteiger partial charge in [0.15, 0.2) is 0 Å². The molecule has 0 nitrogen and oxygen atoms in total. The van der Waals surface area contributed by atoms with Gasteiger partial charge in [-0.05, 0) is 12.3 Å². The summed E-state index contributed by atoms with van der Waals surface area (Å²) in [6, 6.07) is 0. The summed E-state index contributed by atoms with van der Waals surface area (Å²) in [6.45, 7) is 4.57. The van der Waals surface area contributed by atoms with Crippen molar-refractivity contribution in [2.24, 2.45) is 5.92 Å². The number of alkyl halides is 1. The number of hydrogen-bond donors (Lipinski definition) is 0. The standard InChI is InChI=1S/C8H17Br/c1-8(2)6-4-3-5-7-9/h8H,3-7H2,1-2H3. The molecule has 0 unspecified atom stereocenters. The van der Waals surface area contributed by atoms with Crippen molar-refractivity contribution in [1.29, 1.82) is 0 Å². The van der Waals surface area contributed by atoms with Gasteiger partial charge in [-0.1, -0.05) is 49.0 Å². The fourth-order valence-corrected chi connectivity index (χ4v) is 1.22. The summed E-state index contributed by atoms with van der Waals surface area (Å²) in [5, 5.41) is 1.17. The lowest BCUT2D eigenvalue weighted by Gasteiger charge is -2.01. The predicted octanol–water partition coefficient (Wildman–Crippen LogP) is 3.60. The molecule has 0 radical (unpaired) electrons. The van der Waals surface area contributed by atoms with Gasteiger partial charge in [0.25, 0.3) is 0 Å². The third kappa shape index (κ3) is 8.48. The van der Waals surface area contributed by atoms with E-state index >= 15 is 0 Å². The van der Waals surface area contributed by atoms with Crippen molar-refractivity contribution in [3.8, 4) is 0 Å². The highest BCUT2D eigenvalue weighted by atomic mass is 79.9. The Bertz CT molecular complexity index is 50.5. The third-order valence-corrected chi connectivity index (χ3v) is 1.98. The molecule has 56 valence electrons. The molecule has 9 heavy (non-hydrogen) atoms. The van der Waals surface area contributed by atoms with Crippen LogP contribution >= 0.6 is 15.9 Å². The van der Waals surface area contributed by atoms with Crippen LogP contribution in [0.4, 0.5) is 0 Å². The van der Waals surface area contributed by atoms with E-state index in [1.807, 2.05) is 0 Å². The van der Waals surface area contributed by atoms with Crippen molar-refractivity contribution in [2.45, 2.75) is 39.5 Å². The molecule has 0 saturated heterocycles. The monoisotopic (exact) mass is 192 g/mol.